The zero-order valence-corrected chi connectivity index (χ0v) is 17.5. The summed E-state index contributed by atoms with van der Waals surface area (Å²) in [6.07, 6.45) is 0.429. The molecule has 0 spiro atoms. The molecule has 6 nitrogen and oxygen atoms in total. The van der Waals surface area contributed by atoms with Crippen LogP contribution >= 0.6 is 11.3 Å². The third kappa shape index (κ3) is 4.62. The van der Waals surface area contributed by atoms with Crippen LogP contribution in [0.15, 0.2) is 35.7 Å². The smallest absolute Gasteiger partial charge is 0.349 e. The highest BCUT2D eigenvalue weighted by Crippen LogP contribution is 2.29. The van der Waals surface area contributed by atoms with E-state index in [1.54, 1.807) is 6.92 Å². The van der Waals surface area contributed by atoms with Crippen LogP contribution in [0.3, 0.4) is 0 Å². The number of nitrogens with zero attached hydrogens (tertiary/aromatic N) is 1. The Labute approximate surface area is 169 Å². The summed E-state index contributed by atoms with van der Waals surface area (Å²) in [5, 5.41) is 1.81. The molecular formula is C20H23NO5S2. The number of carbonyl (C=O) groups is 2. The first-order chi connectivity index (χ1) is 13.3. The Morgan fingerprint density at radius 1 is 1.21 bits per heavy atom. The van der Waals surface area contributed by atoms with Gasteiger partial charge < -0.3 is 9.64 Å². The highest BCUT2D eigenvalue weighted by atomic mass is 32.2. The second-order valence-corrected chi connectivity index (χ2v) is 9.99. The maximum absolute atomic E-state index is 12.5. The van der Waals surface area contributed by atoms with E-state index < -0.39 is 22.4 Å². The van der Waals surface area contributed by atoms with Crippen LogP contribution in [0.25, 0.3) is 11.1 Å². The summed E-state index contributed by atoms with van der Waals surface area (Å²) >= 11 is 1.27. The van der Waals surface area contributed by atoms with Gasteiger partial charge in [0.15, 0.2) is 16.4 Å². The molecule has 1 aliphatic rings. The van der Waals surface area contributed by atoms with Gasteiger partial charge in [0.25, 0.3) is 5.91 Å². The first-order valence-corrected chi connectivity index (χ1v) is 11.8. The van der Waals surface area contributed by atoms with E-state index in [9.17, 15) is 18.0 Å². The number of sulfone groups is 1. The van der Waals surface area contributed by atoms with Gasteiger partial charge in [-0.3, -0.25) is 4.79 Å². The molecule has 0 aliphatic carbocycles. The van der Waals surface area contributed by atoms with Crippen LogP contribution in [0.5, 0.6) is 0 Å². The van der Waals surface area contributed by atoms with Crippen LogP contribution in [-0.4, -0.2) is 55.9 Å². The number of rotatable bonds is 6. The maximum Gasteiger partial charge on any atom is 0.349 e. The number of carbonyl (C=O) groups excluding carboxylic acids is 2. The van der Waals surface area contributed by atoms with Crippen molar-refractivity contribution in [3.05, 3.63) is 46.2 Å². The number of esters is 1. The Morgan fingerprint density at radius 2 is 1.93 bits per heavy atom. The molecule has 1 atom stereocenters. The molecule has 1 aromatic heterocycles. The summed E-state index contributed by atoms with van der Waals surface area (Å²) < 4.78 is 28.6. The number of likely N-dealkylation sites (N-methyl/N-ethyl adjacent to an activating group) is 1. The molecule has 1 saturated heterocycles. The van der Waals surface area contributed by atoms with Crippen molar-refractivity contribution in [2.45, 2.75) is 26.3 Å². The predicted molar refractivity (Wildman–Crippen MR) is 109 cm³/mol. The van der Waals surface area contributed by atoms with Gasteiger partial charge in [-0.25, -0.2) is 13.2 Å². The monoisotopic (exact) mass is 421 g/mol. The number of hydrogen-bond donors (Lipinski definition) is 0. The molecule has 2 heterocycles. The summed E-state index contributed by atoms with van der Waals surface area (Å²) in [5.41, 5.74) is 2.82. The van der Waals surface area contributed by atoms with Gasteiger partial charge in [-0.1, -0.05) is 29.8 Å². The van der Waals surface area contributed by atoms with Crippen LogP contribution in [0.2, 0.25) is 0 Å². The Kier molecular flexibility index (Phi) is 6.20. The SMILES string of the molecule is CCN(C(=O)COC(=O)c1sccc1-c1ccc(C)cc1)C1CCS(=O)(=O)C1. The molecule has 2 aromatic rings. The van der Waals surface area contributed by atoms with Crippen molar-refractivity contribution in [2.24, 2.45) is 0 Å². The predicted octanol–water partition coefficient (Wildman–Crippen LogP) is 2.92. The zero-order valence-electron chi connectivity index (χ0n) is 15.9. The van der Waals surface area contributed by atoms with Gasteiger partial charge in [-0.15, -0.1) is 11.3 Å². The summed E-state index contributed by atoms with van der Waals surface area (Å²) in [4.78, 5) is 27.0. The van der Waals surface area contributed by atoms with Gasteiger partial charge in [0.1, 0.15) is 4.88 Å². The van der Waals surface area contributed by atoms with Crippen LogP contribution in [0.4, 0.5) is 0 Å². The molecule has 0 saturated carbocycles. The molecule has 0 radical (unpaired) electrons. The van der Waals surface area contributed by atoms with Crippen LogP contribution in [-0.2, 0) is 19.4 Å². The molecular weight excluding hydrogens is 398 g/mol. The fourth-order valence-corrected chi connectivity index (χ4v) is 5.90. The van der Waals surface area contributed by atoms with E-state index in [-0.39, 0.29) is 23.5 Å². The fourth-order valence-electron chi connectivity index (χ4n) is 3.36. The number of thiophene rings is 1. The van der Waals surface area contributed by atoms with Crippen LogP contribution in [0.1, 0.15) is 28.6 Å². The summed E-state index contributed by atoms with van der Waals surface area (Å²) in [6, 6.07) is 9.35. The van der Waals surface area contributed by atoms with E-state index in [0.29, 0.717) is 17.8 Å². The maximum atomic E-state index is 12.5. The number of aryl methyl sites for hydroxylation is 1. The summed E-state index contributed by atoms with van der Waals surface area (Å²) in [5.74, 6) is -0.847. The number of ether oxygens (including phenoxy) is 1. The molecule has 1 amide bonds. The third-order valence-electron chi connectivity index (χ3n) is 4.85. The van der Waals surface area contributed by atoms with Crippen molar-refractivity contribution in [2.75, 3.05) is 24.7 Å². The van der Waals surface area contributed by atoms with Crippen LogP contribution in [0, 0.1) is 6.92 Å². The summed E-state index contributed by atoms with van der Waals surface area (Å²) in [6.45, 7) is 3.77. The van der Waals surface area contributed by atoms with E-state index in [0.717, 1.165) is 16.7 Å². The van der Waals surface area contributed by atoms with E-state index >= 15 is 0 Å². The van der Waals surface area contributed by atoms with E-state index in [1.165, 1.54) is 16.2 Å². The first-order valence-electron chi connectivity index (χ1n) is 9.12. The molecule has 0 bridgehead atoms. The van der Waals surface area contributed by atoms with Crippen molar-refractivity contribution in [1.29, 1.82) is 0 Å². The van der Waals surface area contributed by atoms with E-state index in [1.807, 2.05) is 42.6 Å². The van der Waals surface area contributed by atoms with Crippen molar-refractivity contribution < 1.29 is 22.7 Å². The molecule has 1 fully saturated rings. The lowest BCUT2D eigenvalue weighted by atomic mass is 10.1. The molecule has 0 N–H and O–H groups in total. The van der Waals surface area contributed by atoms with Crippen molar-refractivity contribution in [3.8, 4) is 11.1 Å². The fraction of sp³-hybridized carbons (Fsp3) is 0.400. The van der Waals surface area contributed by atoms with Crippen molar-refractivity contribution in [1.82, 2.24) is 4.90 Å². The van der Waals surface area contributed by atoms with Gasteiger partial charge in [-0.05, 0) is 37.3 Å². The lowest BCUT2D eigenvalue weighted by molar-refractivity contribution is -0.136. The zero-order chi connectivity index (χ0) is 20.3. The van der Waals surface area contributed by atoms with Gasteiger partial charge in [-0.2, -0.15) is 0 Å². The van der Waals surface area contributed by atoms with Gasteiger partial charge in [0.05, 0.1) is 11.5 Å². The standard InChI is InChI=1S/C20H23NO5S2/c1-3-21(16-9-11-28(24,25)13-16)18(22)12-26-20(23)19-17(8-10-27-19)15-6-4-14(2)5-7-15/h4-8,10,16H,3,9,11-13H2,1-2H3. The minimum atomic E-state index is -3.09. The molecule has 150 valence electrons. The van der Waals surface area contributed by atoms with Gasteiger partial charge in [0.2, 0.25) is 0 Å². The summed E-state index contributed by atoms with van der Waals surface area (Å²) in [7, 11) is -3.09. The first kappa shape index (κ1) is 20.5. The second-order valence-electron chi connectivity index (χ2n) is 6.84. The van der Waals surface area contributed by atoms with Crippen molar-refractivity contribution >= 4 is 33.1 Å². The lowest BCUT2D eigenvalue weighted by Gasteiger charge is -2.26. The molecule has 3 rings (SSSR count). The largest absolute Gasteiger partial charge is 0.451 e. The van der Waals surface area contributed by atoms with Gasteiger partial charge >= 0.3 is 5.97 Å². The number of benzene rings is 1. The average molecular weight is 422 g/mol. The third-order valence-corrected chi connectivity index (χ3v) is 7.49. The highest BCUT2D eigenvalue weighted by Gasteiger charge is 2.34. The Balaban J connectivity index is 1.65. The van der Waals surface area contributed by atoms with E-state index in [2.05, 4.69) is 0 Å². The Bertz CT molecular complexity index is 963. The Hall–Kier alpha value is -2.19. The number of hydrogen-bond acceptors (Lipinski definition) is 6. The highest BCUT2D eigenvalue weighted by molar-refractivity contribution is 7.91. The number of amides is 1. The molecule has 28 heavy (non-hydrogen) atoms. The normalized spacial score (nSPS) is 18.0. The molecule has 1 aliphatic heterocycles. The van der Waals surface area contributed by atoms with Crippen LogP contribution < -0.4 is 0 Å². The minimum absolute atomic E-state index is 0.0248. The second kappa shape index (κ2) is 8.45. The minimum Gasteiger partial charge on any atom is -0.451 e. The molecule has 8 heteroatoms. The molecule has 1 unspecified atom stereocenters. The lowest BCUT2D eigenvalue weighted by Crippen LogP contribution is -2.43. The van der Waals surface area contributed by atoms with Crippen molar-refractivity contribution in [3.63, 3.8) is 0 Å². The van der Waals surface area contributed by atoms with E-state index in [4.69, 9.17) is 4.74 Å². The molecule has 1 aromatic carbocycles. The quantitative estimate of drug-likeness (QED) is 0.670. The average Bonchev–Trinajstić information content (AvgIpc) is 3.28. The topological polar surface area (TPSA) is 80.8 Å². The Morgan fingerprint density at radius 3 is 2.54 bits per heavy atom. The van der Waals surface area contributed by atoms with Gasteiger partial charge in [0, 0.05) is 18.2 Å².